The van der Waals surface area contributed by atoms with E-state index in [1.807, 2.05) is 6.07 Å². The molecule has 0 aromatic carbocycles. The van der Waals surface area contributed by atoms with Gasteiger partial charge in [-0.3, -0.25) is 4.98 Å². The molecule has 1 fully saturated rings. The summed E-state index contributed by atoms with van der Waals surface area (Å²) < 4.78 is 6.06. The van der Waals surface area contributed by atoms with Crippen molar-refractivity contribution in [2.45, 2.75) is 52.7 Å². The molecule has 1 N–H and O–H groups in total. The molecule has 0 radical (unpaired) electrons. The zero-order chi connectivity index (χ0) is 13.2. The summed E-state index contributed by atoms with van der Waals surface area (Å²) in [7, 11) is 0. The van der Waals surface area contributed by atoms with E-state index in [9.17, 15) is 5.11 Å². The highest BCUT2D eigenvalue weighted by atomic mass is 16.5. The number of ether oxygens (including phenoxy) is 1. The largest absolute Gasteiger partial charge is 0.488 e. The SMILES string of the molecule is CC1CC(Oc2cnccc2CO)CC(C)(C)C1. The molecule has 1 saturated carbocycles. The van der Waals surface area contributed by atoms with Crippen molar-refractivity contribution in [3.05, 3.63) is 24.0 Å². The van der Waals surface area contributed by atoms with E-state index in [0.717, 1.165) is 24.2 Å². The predicted octanol–water partition coefficient (Wildman–Crippen LogP) is 3.17. The average molecular weight is 249 g/mol. The van der Waals surface area contributed by atoms with Gasteiger partial charge in [0.2, 0.25) is 0 Å². The van der Waals surface area contributed by atoms with E-state index in [-0.39, 0.29) is 12.7 Å². The van der Waals surface area contributed by atoms with Crippen molar-refractivity contribution in [3.8, 4) is 5.75 Å². The van der Waals surface area contributed by atoms with Gasteiger partial charge in [-0.25, -0.2) is 0 Å². The van der Waals surface area contributed by atoms with Crippen LogP contribution >= 0.6 is 0 Å². The van der Waals surface area contributed by atoms with Crippen LogP contribution in [0.4, 0.5) is 0 Å². The van der Waals surface area contributed by atoms with Gasteiger partial charge in [0.1, 0.15) is 5.75 Å². The fourth-order valence-electron chi connectivity index (χ4n) is 3.17. The zero-order valence-electron chi connectivity index (χ0n) is 11.5. The molecule has 0 spiro atoms. The molecule has 0 amide bonds. The molecular formula is C15H23NO2. The van der Waals surface area contributed by atoms with E-state index in [0.29, 0.717) is 11.3 Å². The first-order chi connectivity index (χ1) is 8.50. The van der Waals surface area contributed by atoms with Crippen LogP contribution in [-0.2, 0) is 6.61 Å². The lowest BCUT2D eigenvalue weighted by Gasteiger charge is -2.39. The highest BCUT2D eigenvalue weighted by Gasteiger charge is 2.33. The second kappa shape index (κ2) is 5.27. The summed E-state index contributed by atoms with van der Waals surface area (Å²) in [4.78, 5) is 4.08. The van der Waals surface area contributed by atoms with E-state index in [4.69, 9.17) is 4.74 Å². The van der Waals surface area contributed by atoms with Gasteiger partial charge < -0.3 is 9.84 Å². The van der Waals surface area contributed by atoms with Crippen LogP contribution in [-0.4, -0.2) is 16.2 Å². The number of pyridine rings is 1. The lowest BCUT2D eigenvalue weighted by atomic mass is 9.71. The zero-order valence-corrected chi connectivity index (χ0v) is 11.5. The normalized spacial score (nSPS) is 26.9. The predicted molar refractivity (Wildman–Crippen MR) is 71.4 cm³/mol. The first kappa shape index (κ1) is 13.3. The average Bonchev–Trinajstić information content (AvgIpc) is 2.27. The molecular weight excluding hydrogens is 226 g/mol. The summed E-state index contributed by atoms with van der Waals surface area (Å²) in [6.45, 7) is 6.89. The van der Waals surface area contributed by atoms with Crippen LogP contribution in [0.3, 0.4) is 0 Å². The van der Waals surface area contributed by atoms with Crippen LogP contribution in [0.5, 0.6) is 5.75 Å². The molecule has 2 rings (SSSR count). The fourth-order valence-corrected chi connectivity index (χ4v) is 3.17. The van der Waals surface area contributed by atoms with Gasteiger partial charge in [-0.15, -0.1) is 0 Å². The number of aromatic nitrogens is 1. The maximum Gasteiger partial charge on any atom is 0.143 e. The fraction of sp³-hybridized carbons (Fsp3) is 0.667. The minimum atomic E-state index is 0.00349. The third kappa shape index (κ3) is 3.22. The molecule has 2 unspecified atom stereocenters. The number of aliphatic hydroxyl groups excluding tert-OH is 1. The second-order valence-corrected chi connectivity index (χ2v) is 6.29. The first-order valence-corrected chi connectivity index (χ1v) is 6.70. The van der Waals surface area contributed by atoms with Crippen LogP contribution in [0.25, 0.3) is 0 Å². The Morgan fingerprint density at radius 2 is 2.22 bits per heavy atom. The van der Waals surface area contributed by atoms with Crippen LogP contribution in [0.1, 0.15) is 45.6 Å². The van der Waals surface area contributed by atoms with Gasteiger partial charge in [-0.2, -0.15) is 0 Å². The minimum Gasteiger partial charge on any atom is -0.488 e. The van der Waals surface area contributed by atoms with Gasteiger partial charge in [0.25, 0.3) is 0 Å². The maximum absolute atomic E-state index is 9.29. The number of hydrogen-bond donors (Lipinski definition) is 1. The number of aliphatic hydroxyl groups is 1. The Bertz CT molecular complexity index is 403. The molecule has 18 heavy (non-hydrogen) atoms. The smallest absolute Gasteiger partial charge is 0.143 e. The van der Waals surface area contributed by atoms with Crippen molar-refractivity contribution >= 4 is 0 Å². The summed E-state index contributed by atoms with van der Waals surface area (Å²) in [6, 6.07) is 1.81. The van der Waals surface area contributed by atoms with Gasteiger partial charge in [0.05, 0.1) is 18.9 Å². The molecule has 1 aliphatic carbocycles. The summed E-state index contributed by atoms with van der Waals surface area (Å²) in [5, 5.41) is 9.29. The minimum absolute atomic E-state index is 0.00349. The Morgan fingerprint density at radius 3 is 2.89 bits per heavy atom. The highest BCUT2D eigenvalue weighted by Crippen LogP contribution is 2.40. The highest BCUT2D eigenvalue weighted by molar-refractivity contribution is 5.29. The summed E-state index contributed by atoms with van der Waals surface area (Å²) >= 11 is 0. The molecule has 0 saturated heterocycles. The lowest BCUT2D eigenvalue weighted by Crippen LogP contribution is -2.34. The molecule has 1 aliphatic rings. The van der Waals surface area contributed by atoms with Gasteiger partial charge in [0, 0.05) is 11.8 Å². The Labute approximate surface area is 109 Å². The molecule has 3 nitrogen and oxygen atoms in total. The molecule has 1 aromatic heterocycles. The summed E-state index contributed by atoms with van der Waals surface area (Å²) in [6.07, 6.45) is 7.04. The molecule has 3 heteroatoms. The van der Waals surface area contributed by atoms with Crippen molar-refractivity contribution in [1.29, 1.82) is 0 Å². The first-order valence-electron chi connectivity index (χ1n) is 6.70. The third-order valence-corrected chi connectivity index (χ3v) is 3.68. The Balaban J connectivity index is 2.09. The monoisotopic (exact) mass is 249 g/mol. The number of nitrogens with zero attached hydrogens (tertiary/aromatic N) is 1. The molecule has 1 heterocycles. The van der Waals surface area contributed by atoms with E-state index >= 15 is 0 Å². The maximum atomic E-state index is 9.29. The van der Waals surface area contributed by atoms with E-state index in [1.54, 1.807) is 12.4 Å². The van der Waals surface area contributed by atoms with Gasteiger partial charge >= 0.3 is 0 Å². The van der Waals surface area contributed by atoms with E-state index in [1.165, 1.54) is 6.42 Å². The van der Waals surface area contributed by atoms with Crippen LogP contribution < -0.4 is 4.74 Å². The van der Waals surface area contributed by atoms with Crippen LogP contribution in [0.2, 0.25) is 0 Å². The molecule has 0 aliphatic heterocycles. The Morgan fingerprint density at radius 1 is 1.44 bits per heavy atom. The number of rotatable bonds is 3. The van der Waals surface area contributed by atoms with Gasteiger partial charge in [-0.05, 0) is 36.7 Å². The van der Waals surface area contributed by atoms with Crippen molar-refractivity contribution in [3.63, 3.8) is 0 Å². The summed E-state index contributed by atoms with van der Waals surface area (Å²) in [5.41, 5.74) is 1.16. The van der Waals surface area contributed by atoms with Gasteiger partial charge in [-0.1, -0.05) is 20.8 Å². The quantitative estimate of drug-likeness (QED) is 0.894. The van der Waals surface area contributed by atoms with Crippen molar-refractivity contribution < 1.29 is 9.84 Å². The van der Waals surface area contributed by atoms with Crippen molar-refractivity contribution in [2.24, 2.45) is 11.3 Å². The summed E-state index contributed by atoms with van der Waals surface area (Å²) in [5.74, 6) is 1.42. The molecule has 0 bridgehead atoms. The third-order valence-electron chi connectivity index (χ3n) is 3.68. The molecule has 2 atom stereocenters. The standard InChI is InChI=1S/C15H23NO2/c1-11-6-13(8-15(2,3)7-11)18-14-9-16-5-4-12(14)10-17/h4-5,9,11,13,17H,6-8,10H2,1-3H3. The Kier molecular flexibility index (Phi) is 3.91. The lowest BCUT2D eigenvalue weighted by molar-refractivity contribution is 0.0545. The van der Waals surface area contributed by atoms with Crippen LogP contribution in [0.15, 0.2) is 18.5 Å². The second-order valence-electron chi connectivity index (χ2n) is 6.29. The topological polar surface area (TPSA) is 42.4 Å². The van der Waals surface area contributed by atoms with Crippen molar-refractivity contribution in [1.82, 2.24) is 4.98 Å². The van der Waals surface area contributed by atoms with Gasteiger partial charge in [0.15, 0.2) is 0 Å². The van der Waals surface area contributed by atoms with Crippen LogP contribution in [0, 0.1) is 11.3 Å². The van der Waals surface area contributed by atoms with Crippen molar-refractivity contribution in [2.75, 3.05) is 0 Å². The molecule has 100 valence electrons. The number of hydrogen-bond acceptors (Lipinski definition) is 3. The van der Waals surface area contributed by atoms with E-state index < -0.39 is 0 Å². The Hall–Kier alpha value is -1.09. The molecule has 1 aromatic rings. The van der Waals surface area contributed by atoms with E-state index in [2.05, 4.69) is 25.8 Å².